The third kappa shape index (κ3) is 7.93. The number of nitrogens with one attached hydrogen (secondary N) is 1. The molecule has 0 radical (unpaired) electrons. The van der Waals surface area contributed by atoms with Crippen molar-refractivity contribution in [3.05, 3.63) is 78.1 Å². The Morgan fingerprint density at radius 2 is 1.95 bits per heavy atom. The predicted molar refractivity (Wildman–Crippen MR) is 167 cm³/mol. The molecule has 0 aliphatic heterocycles. The summed E-state index contributed by atoms with van der Waals surface area (Å²) in [4.78, 5) is 16.4. The fraction of sp³-hybridized carbons (Fsp3) is 0.344. The normalized spacial score (nSPS) is 13.2. The van der Waals surface area contributed by atoms with Crippen molar-refractivity contribution in [2.24, 2.45) is 16.8 Å². The molecule has 0 saturated heterocycles. The van der Waals surface area contributed by atoms with Crippen molar-refractivity contribution < 1.29 is 4.74 Å². The summed E-state index contributed by atoms with van der Waals surface area (Å²) in [6.45, 7) is 10.9. The van der Waals surface area contributed by atoms with Gasteiger partial charge in [-0.15, -0.1) is 11.3 Å². The van der Waals surface area contributed by atoms with Gasteiger partial charge in [0.05, 0.1) is 10.2 Å². The molecular weight excluding hydrogens is 521 g/mol. The second-order valence-electron chi connectivity index (χ2n) is 9.81. The monoisotopic (exact) mass is 558 g/mol. The molecule has 1 N–H and O–H groups in total. The smallest absolute Gasteiger partial charge is 0.197 e. The SMILES string of the molecule is C/C=C(/CC(CC)CCC)N/C(=N/c1ncc(Sc2ccnc3ccsc23)cc1Oc1ccccc1)C(C)C. The second kappa shape index (κ2) is 14.3. The number of fused-ring (bicyclic) bond motifs is 1. The number of pyridine rings is 2. The first-order valence-electron chi connectivity index (χ1n) is 13.7. The molecule has 4 rings (SSSR count). The molecule has 1 atom stereocenters. The molecule has 0 fully saturated rings. The van der Waals surface area contributed by atoms with Crippen LogP contribution in [0.1, 0.15) is 60.3 Å². The van der Waals surface area contributed by atoms with E-state index in [9.17, 15) is 0 Å². The molecule has 3 heterocycles. The molecule has 3 aromatic heterocycles. The van der Waals surface area contributed by atoms with E-state index in [1.807, 2.05) is 48.8 Å². The Hall–Kier alpha value is -3.16. The number of aliphatic imine (C=N–C) groups is 1. The molecule has 1 aromatic carbocycles. The summed E-state index contributed by atoms with van der Waals surface area (Å²) in [6.07, 6.45) is 10.5. The largest absolute Gasteiger partial charge is 0.453 e. The highest BCUT2D eigenvalue weighted by atomic mass is 32.2. The van der Waals surface area contributed by atoms with Crippen LogP contribution in [0, 0.1) is 11.8 Å². The van der Waals surface area contributed by atoms with Crippen LogP contribution in [0.2, 0.25) is 0 Å². The van der Waals surface area contributed by atoms with Gasteiger partial charge in [-0.25, -0.2) is 9.98 Å². The lowest BCUT2D eigenvalue weighted by Gasteiger charge is -2.20. The number of ether oxygens (including phenoxy) is 1. The van der Waals surface area contributed by atoms with E-state index < -0.39 is 0 Å². The van der Waals surface area contributed by atoms with Crippen molar-refractivity contribution in [3.8, 4) is 11.5 Å². The standard InChI is InChI=1S/C32H38N4OS2/c1-6-12-23(7-2)19-24(8-3)35-31(22(4)5)36-32-28(37-25-13-10-9-11-14-25)20-26(21-34-32)39-29-15-17-33-27-16-18-38-30(27)29/h8-11,13-18,20-23H,6-7,12,19H2,1-5H3,(H,34,35,36)/b24-8-. The van der Waals surface area contributed by atoms with Gasteiger partial charge in [0.15, 0.2) is 11.6 Å². The first kappa shape index (κ1) is 28.8. The summed E-state index contributed by atoms with van der Waals surface area (Å²) in [5, 5.41) is 5.72. The Bertz CT molecular complexity index is 1410. The predicted octanol–water partition coefficient (Wildman–Crippen LogP) is 10.0. The summed E-state index contributed by atoms with van der Waals surface area (Å²) in [7, 11) is 0. The van der Waals surface area contributed by atoms with Crippen LogP contribution in [-0.2, 0) is 0 Å². The third-order valence-corrected chi connectivity index (χ3v) is 8.59. The molecule has 4 aromatic rings. The first-order chi connectivity index (χ1) is 19.0. The van der Waals surface area contributed by atoms with E-state index in [1.54, 1.807) is 23.1 Å². The van der Waals surface area contributed by atoms with Gasteiger partial charge < -0.3 is 10.1 Å². The van der Waals surface area contributed by atoms with Crippen LogP contribution >= 0.6 is 23.1 Å². The molecule has 1 unspecified atom stereocenters. The molecule has 0 spiro atoms. The number of hydrogen-bond donors (Lipinski definition) is 1. The van der Waals surface area contributed by atoms with Gasteiger partial charge in [-0.05, 0) is 48.9 Å². The lowest BCUT2D eigenvalue weighted by Crippen LogP contribution is -2.28. The maximum atomic E-state index is 6.35. The Morgan fingerprint density at radius 3 is 2.67 bits per heavy atom. The van der Waals surface area contributed by atoms with Crippen molar-refractivity contribution in [3.63, 3.8) is 0 Å². The molecule has 0 bridgehead atoms. The van der Waals surface area contributed by atoms with E-state index >= 15 is 0 Å². The van der Waals surface area contributed by atoms with Gasteiger partial charge >= 0.3 is 0 Å². The Balaban J connectivity index is 1.67. The quantitative estimate of drug-likeness (QED) is 0.138. The van der Waals surface area contributed by atoms with Crippen molar-refractivity contribution in [1.82, 2.24) is 15.3 Å². The maximum absolute atomic E-state index is 6.35. The molecule has 0 aliphatic rings. The van der Waals surface area contributed by atoms with Crippen LogP contribution in [0.5, 0.6) is 11.5 Å². The highest BCUT2D eigenvalue weighted by molar-refractivity contribution is 7.99. The van der Waals surface area contributed by atoms with Gasteiger partial charge in [-0.3, -0.25) is 4.98 Å². The average Bonchev–Trinajstić information content (AvgIpc) is 3.43. The fourth-order valence-corrected chi connectivity index (χ4v) is 6.18. The Labute approximate surface area is 240 Å². The number of rotatable bonds is 12. The second-order valence-corrected chi connectivity index (χ2v) is 11.8. The molecule has 5 nitrogen and oxygen atoms in total. The highest BCUT2D eigenvalue weighted by Gasteiger charge is 2.16. The summed E-state index contributed by atoms with van der Waals surface area (Å²) in [5.74, 6) is 3.68. The molecule has 39 heavy (non-hydrogen) atoms. The lowest BCUT2D eigenvalue weighted by atomic mass is 9.95. The number of allylic oxidation sites excluding steroid dienone is 2. The average molecular weight is 559 g/mol. The number of nitrogens with zero attached hydrogens (tertiary/aromatic N) is 3. The van der Waals surface area contributed by atoms with Crippen molar-refractivity contribution in [1.29, 1.82) is 0 Å². The maximum Gasteiger partial charge on any atom is 0.197 e. The van der Waals surface area contributed by atoms with E-state index in [1.165, 1.54) is 29.7 Å². The Morgan fingerprint density at radius 1 is 1.13 bits per heavy atom. The summed E-state index contributed by atoms with van der Waals surface area (Å²) in [6, 6.07) is 15.9. The zero-order valence-corrected chi connectivity index (χ0v) is 25.1. The minimum atomic E-state index is 0.190. The topological polar surface area (TPSA) is 59.4 Å². The minimum Gasteiger partial charge on any atom is -0.453 e. The van der Waals surface area contributed by atoms with Gasteiger partial charge in [0.25, 0.3) is 0 Å². The van der Waals surface area contributed by atoms with Crippen molar-refractivity contribution in [2.75, 3.05) is 0 Å². The van der Waals surface area contributed by atoms with Crippen LogP contribution < -0.4 is 10.1 Å². The van der Waals surface area contributed by atoms with E-state index in [4.69, 9.17) is 14.7 Å². The van der Waals surface area contributed by atoms with Crippen molar-refractivity contribution in [2.45, 2.75) is 70.1 Å². The molecular formula is C32H38N4OS2. The van der Waals surface area contributed by atoms with Gasteiger partial charge in [-0.1, -0.05) is 83.0 Å². The molecule has 0 aliphatic carbocycles. The molecule has 0 saturated carbocycles. The van der Waals surface area contributed by atoms with Crippen LogP contribution in [0.25, 0.3) is 10.2 Å². The molecule has 0 amide bonds. The van der Waals surface area contributed by atoms with E-state index in [2.05, 4.69) is 68.5 Å². The number of para-hydroxylation sites is 1. The van der Waals surface area contributed by atoms with Gasteiger partial charge in [0.1, 0.15) is 11.6 Å². The first-order valence-corrected chi connectivity index (χ1v) is 15.4. The van der Waals surface area contributed by atoms with E-state index in [0.29, 0.717) is 17.5 Å². The number of benzene rings is 1. The summed E-state index contributed by atoms with van der Waals surface area (Å²) >= 11 is 3.36. The minimum absolute atomic E-state index is 0.190. The van der Waals surface area contributed by atoms with Gasteiger partial charge in [0.2, 0.25) is 0 Å². The summed E-state index contributed by atoms with van der Waals surface area (Å²) < 4.78 is 7.53. The van der Waals surface area contributed by atoms with Gasteiger partial charge in [0, 0.05) is 39.9 Å². The highest BCUT2D eigenvalue weighted by Crippen LogP contribution is 2.39. The van der Waals surface area contributed by atoms with Crippen LogP contribution in [0.15, 0.2) is 92.9 Å². The molecule has 7 heteroatoms. The van der Waals surface area contributed by atoms with Crippen LogP contribution in [0.3, 0.4) is 0 Å². The number of thiophene rings is 1. The molecule has 204 valence electrons. The van der Waals surface area contributed by atoms with Crippen LogP contribution in [-0.4, -0.2) is 15.8 Å². The lowest BCUT2D eigenvalue weighted by molar-refractivity contribution is 0.454. The van der Waals surface area contributed by atoms with Crippen molar-refractivity contribution >= 4 is 45.0 Å². The number of aromatic nitrogens is 2. The van der Waals surface area contributed by atoms with E-state index in [-0.39, 0.29) is 5.92 Å². The number of hydrogen-bond acceptors (Lipinski definition) is 6. The number of amidine groups is 1. The van der Waals surface area contributed by atoms with E-state index in [0.717, 1.165) is 33.3 Å². The van der Waals surface area contributed by atoms with Gasteiger partial charge in [-0.2, -0.15) is 0 Å². The Kier molecular flexibility index (Phi) is 10.6. The third-order valence-electron chi connectivity index (χ3n) is 6.51. The zero-order valence-electron chi connectivity index (χ0n) is 23.5. The fourth-order valence-electron chi connectivity index (χ4n) is 4.30. The zero-order chi connectivity index (χ0) is 27.6. The van der Waals surface area contributed by atoms with Crippen LogP contribution in [0.4, 0.5) is 5.82 Å². The summed E-state index contributed by atoms with van der Waals surface area (Å²) in [5.41, 5.74) is 2.22.